The lowest BCUT2D eigenvalue weighted by atomic mass is 10.0. The van der Waals surface area contributed by atoms with Gasteiger partial charge in [-0.3, -0.25) is 0 Å². The van der Waals surface area contributed by atoms with Crippen molar-refractivity contribution in [1.82, 2.24) is 0 Å². The number of thiophene rings is 1. The maximum Gasteiger partial charge on any atom is 0.122 e. The van der Waals surface area contributed by atoms with E-state index in [4.69, 9.17) is 9.47 Å². The molecule has 3 nitrogen and oxygen atoms in total. The summed E-state index contributed by atoms with van der Waals surface area (Å²) in [5, 5.41) is 10.4. The third-order valence-corrected chi connectivity index (χ3v) is 4.47. The molecule has 0 aliphatic carbocycles. The molecule has 0 fully saturated rings. The molecule has 4 heteroatoms. The lowest BCUT2D eigenvalue weighted by Gasteiger charge is -2.13. The number of benzene rings is 1. The number of methoxy groups -OCH3 is 2. The van der Waals surface area contributed by atoms with Gasteiger partial charge in [0.1, 0.15) is 11.5 Å². The first-order chi connectivity index (χ1) is 9.66. The van der Waals surface area contributed by atoms with Gasteiger partial charge in [-0.05, 0) is 36.2 Å². The number of rotatable bonds is 6. The molecule has 1 aromatic carbocycles. The predicted molar refractivity (Wildman–Crippen MR) is 81.9 cm³/mol. The fourth-order valence-corrected chi connectivity index (χ4v) is 3.05. The van der Waals surface area contributed by atoms with Crippen molar-refractivity contribution in [2.45, 2.75) is 25.9 Å². The Kier molecular flexibility index (Phi) is 5.04. The van der Waals surface area contributed by atoms with E-state index in [2.05, 4.69) is 19.1 Å². The van der Waals surface area contributed by atoms with Gasteiger partial charge >= 0.3 is 0 Å². The molecule has 0 saturated carbocycles. The lowest BCUT2D eigenvalue weighted by molar-refractivity contribution is 0.178. The summed E-state index contributed by atoms with van der Waals surface area (Å²) >= 11 is 1.75. The summed E-state index contributed by atoms with van der Waals surface area (Å²) in [5.41, 5.74) is 0.813. The normalized spacial score (nSPS) is 12.2. The quantitative estimate of drug-likeness (QED) is 0.884. The topological polar surface area (TPSA) is 38.7 Å². The van der Waals surface area contributed by atoms with Crippen LogP contribution in [0.4, 0.5) is 0 Å². The molecule has 1 aromatic heterocycles. The molecule has 20 heavy (non-hydrogen) atoms. The minimum atomic E-state index is -0.553. The molecule has 0 bridgehead atoms. The molecule has 108 valence electrons. The van der Waals surface area contributed by atoms with Crippen LogP contribution in [0.15, 0.2) is 30.3 Å². The third-order valence-electron chi connectivity index (χ3n) is 3.22. The van der Waals surface area contributed by atoms with Crippen molar-refractivity contribution in [2.75, 3.05) is 14.2 Å². The number of ether oxygens (including phenoxy) is 2. The van der Waals surface area contributed by atoms with Gasteiger partial charge in [0, 0.05) is 22.2 Å². The Balaban J connectivity index is 2.17. The molecule has 2 rings (SSSR count). The van der Waals surface area contributed by atoms with E-state index in [1.807, 2.05) is 12.1 Å². The van der Waals surface area contributed by atoms with Gasteiger partial charge in [0.2, 0.25) is 0 Å². The lowest BCUT2D eigenvalue weighted by Crippen LogP contribution is -2.01. The minimum Gasteiger partial charge on any atom is -0.497 e. The van der Waals surface area contributed by atoms with E-state index in [9.17, 15) is 5.11 Å². The van der Waals surface area contributed by atoms with Crippen molar-refractivity contribution in [3.63, 3.8) is 0 Å². The zero-order valence-electron chi connectivity index (χ0n) is 12.1. The summed E-state index contributed by atoms with van der Waals surface area (Å²) in [5.74, 6) is 1.39. The van der Waals surface area contributed by atoms with E-state index < -0.39 is 6.10 Å². The zero-order valence-corrected chi connectivity index (χ0v) is 12.9. The number of aryl methyl sites for hydroxylation is 1. The van der Waals surface area contributed by atoms with E-state index in [1.165, 1.54) is 9.75 Å². The van der Waals surface area contributed by atoms with Gasteiger partial charge in [-0.25, -0.2) is 0 Å². The number of hydrogen-bond donors (Lipinski definition) is 1. The number of aliphatic hydroxyl groups is 1. The molecule has 1 unspecified atom stereocenters. The average Bonchev–Trinajstić information content (AvgIpc) is 2.94. The van der Waals surface area contributed by atoms with E-state index >= 15 is 0 Å². The van der Waals surface area contributed by atoms with Crippen molar-refractivity contribution in [2.24, 2.45) is 0 Å². The Morgan fingerprint density at radius 3 is 2.15 bits per heavy atom. The van der Waals surface area contributed by atoms with Crippen LogP contribution in [-0.4, -0.2) is 19.3 Å². The molecule has 0 aliphatic rings. The van der Waals surface area contributed by atoms with Crippen LogP contribution in [0.2, 0.25) is 0 Å². The van der Waals surface area contributed by atoms with Crippen molar-refractivity contribution < 1.29 is 14.6 Å². The van der Waals surface area contributed by atoms with Crippen LogP contribution in [0.5, 0.6) is 11.5 Å². The van der Waals surface area contributed by atoms with Crippen LogP contribution >= 0.6 is 11.3 Å². The Morgan fingerprint density at radius 1 is 1.05 bits per heavy atom. The van der Waals surface area contributed by atoms with E-state index in [0.717, 1.165) is 12.0 Å². The highest BCUT2D eigenvalue weighted by Gasteiger charge is 2.13. The van der Waals surface area contributed by atoms with Crippen LogP contribution in [0.3, 0.4) is 0 Å². The largest absolute Gasteiger partial charge is 0.497 e. The highest BCUT2D eigenvalue weighted by Crippen LogP contribution is 2.29. The van der Waals surface area contributed by atoms with Gasteiger partial charge < -0.3 is 14.6 Å². The number of aliphatic hydroxyl groups excluding tert-OH is 1. The summed E-state index contributed by atoms with van der Waals surface area (Å²) in [4.78, 5) is 2.53. The van der Waals surface area contributed by atoms with E-state index in [-0.39, 0.29) is 0 Å². The molecule has 0 spiro atoms. The molecule has 0 aliphatic heterocycles. The summed E-state index contributed by atoms with van der Waals surface area (Å²) in [6, 6.07) is 9.71. The summed E-state index contributed by atoms with van der Waals surface area (Å²) in [6.45, 7) is 2.14. The number of hydrogen-bond acceptors (Lipinski definition) is 4. The molecule has 2 aromatic rings. The van der Waals surface area contributed by atoms with Crippen LogP contribution in [0, 0.1) is 0 Å². The fourth-order valence-electron chi connectivity index (χ4n) is 2.05. The fraction of sp³-hybridized carbons (Fsp3) is 0.375. The third kappa shape index (κ3) is 3.52. The van der Waals surface area contributed by atoms with E-state index in [1.54, 1.807) is 31.6 Å². The van der Waals surface area contributed by atoms with Gasteiger partial charge in [-0.15, -0.1) is 11.3 Å². The van der Waals surface area contributed by atoms with Crippen LogP contribution in [0.25, 0.3) is 0 Å². The first-order valence-electron chi connectivity index (χ1n) is 6.65. The van der Waals surface area contributed by atoms with Crippen molar-refractivity contribution >= 4 is 11.3 Å². The molecule has 1 atom stereocenters. The van der Waals surface area contributed by atoms with Crippen molar-refractivity contribution in [1.29, 1.82) is 0 Å². The predicted octanol–water partition coefficient (Wildman–Crippen LogP) is 3.60. The zero-order chi connectivity index (χ0) is 14.5. The van der Waals surface area contributed by atoms with Crippen LogP contribution in [-0.2, 0) is 12.8 Å². The highest BCUT2D eigenvalue weighted by molar-refractivity contribution is 7.11. The second kappa shape index (κ2) is 6.77. The molecule has 1 heterocycles. The molecule has 1 N–H and O–H groups in total. The summed E-state index contributed by atoms with van der Waals surface area (Å²) < 4.78 is 10.5. The van der Waals surface area contributed by atoms with Crippen molar-refractivity contribution in [3.8, 4) is 11.5 Å². The standard InChI is InChI=1S/C16H20O3S/c1-4-14-5-6-15(20-14)10-16(17)11-7-12(18-2)9-13(8-11)19-3/h5-9,16-17H,4,10H2,1-3H3. The summed E-state index contributed by atoms with van der Waals surface area (Å²) in [7, 11) is 3.22. The first-order valence-corrected chi connectivity index (χ1v) is 7.46. The van der Waals surface area contributed by atoms with Gasteiger partial charge in [0.15, 0.2) is 0 Å². The minimum absolute atomic E-state index is 0.553. The maximum absolute atomic E-state index is 10.4. The van der Waals surface area contributed by atoms with Gasteiger partial charge in [0.25, 0.3) is 0 Å². The van der Waals surface area contributed by atoms with Gasteiger partial charge in [-0.1, -0.05) is 6.92 Å². The maximum atomic E-state index is 10.4. The molecule has 0 saturated heterocycles. The second-order valence-corrected chi connectivity index (χ2v) is 5.84. The SMILES string of the molecule is CCc1ccc(CC(O)c2cc(OC)cc(OC)c2)s1. The monoisotopic (exact) mass is 292 g/mol. The Bertz CT molecular complexity index is 540. The second-order valence-electron chi connectivity index (χ2n) is 4.59. The Hall–Kier alpha value is -1.52. The Morgan fingerprint density at radius 2 is 1.65 bits per heavy atom. The van der Waals surface area contributed by atoms with E-state index in [0.29, 0.717) is 17.9 Å². The van der Waals surface area contributed by atoms with Gasteiger partial charge in [-0.2, -0.15) is 0 Å². The van der Waals surface area contributed by atoms with Gasteiger partial charge in [0.05, 0.1) is 20.3 Å². The highest BCUT2D eigenvalue weighted by atomic mass is 32.1. The molecular weight excluding hydrogens is 272 g/mol. The molecular formula is C16H20O3S. The molecule has 0 amide bonds. The van der Waals surface area contributed by atoms with Crippen LogP contribution < -0.4 is 9.47 Å². The van der Waals surface area contributed by atoms with Crippen LogP contribution in [0.1, 0.15) is 28.3 Å². The molecule has 0 radical (unpaired) electrons. The Labute approximate surface area is 123 Å². The first kappa shape index (κ1) is 14.9. The smallest absolute Gasteiger partial charge is 0.122 e. The van der Waals surface area contributed by atoms with Crippen molar-refractivity contribution in [3.05, 3.63) is 45.6 Å². The average molecular weight is 292 g/mol. The summed E-state index contributed by atoms with van der Waals surface area (Å²) in [6.07, 6.45) is 1.09.